The first-order valence-electron chi connectivity index (χ1n) is 5.98. The van der Waals surface area contributed by atoms with Crippen molar-refractivity contribution in [2.45, 2.75) is 32.2 Å². The van der Waals surface area contributed by atoms with E-state index < -0.39 is 0 Å². The number of hydrogen-bond donors (Lipinski definition) is 1. The molecule has 2 N–H and O–H groups in total. The molecule has 0 aliphatic rings. The number of hydrogen-bond acceptors (Lipinski definition) is 3. The summed E-state index contributed by atoms with van der Waals surface area (Å²) in [4.78, 5) is 1.36. The third-order valence-corrected chi connectivity index (χ3v) is 3.80. The lowest BCUT2D eigenvalue weighted by Crippen LogP contribution is -2.26. The van der Waals surface area contributed by atoms with E-state index in [1.165, 1.54) is 10.6 Å². The Morgan fingerprint density at radius 1 is 1.47 bits per heavy atom. The van der Waals surface area contributed by atoms with Crippen LogP contribution in [0.2, 0.25) is 0 Å². The summed E-state index contributed by atoms with van der Waals surface area (Å²) in [6, 6.07) is 6.56. The van der Waals surface area contributed by atoms with E-state index in [9.17, 15) is 0 Å². The molecule has 0 fully saturated rings. The van der Waals surface area contributed by atoms with Crippen LogP contribution in [0.25, 0.3) is 0 Å². The Kier molecular flexibility index (Phi) is 3.97. The molecular formula is C13H19N3S. The highest BCUT2D eigenvalue weighted by molar-refractivity contribution is 7.09. The lowest BCUT2D eigenvalue weighted by atomic mass is 10.1. The summed E-state index contributed by atoms with van der Waals surface area (Å²) < 4.78 is 1.95. The van der Waals surface area contributed by atoms with E-state index in [0.717, 1.165) is 25.0 Å². The van der Waals surface area contributed by atoms with Crippen molar-refractivity contribution in [1.82, 2.24) is 9.78 Å². The van der Waals surface area contributed by atoms with Gasteiger partial charge >= 0.3 is 0 Å². The number of nitrogens with zero attached hydrogens (tertiary/aromatic N) is 2. The Hall–Kier alpha value is -1.13. The highest BCUT2D eigenvalue weighted by Gasteiger charge is 2.10. The average Bonchev–Trinajstić information content (AvgIpc) is 2.89. The van der Waals surface area contributed by atoms with Gasteiger partial charge in [-0.1, -0.05) is 13.0 Å². The molecule has 1 atom stereocenters. The molecule has 2 rings (SSSR count). The van der Waals surface area contributed by atoms with Crippen LogP contribution in [-0.2, 0) is 26.3 Å². The largest absolute Gasteiger partial charge is 0.327 e. The van der Waals surface area contributed by atoms with Crippen LogP contribution in [0.3, 0.4) is 0 Å². The van der Waals surface area contributed by atoms with E-state index in [4.69, 9.17) is 5.73 Å². The van der Waals surface area contributed by atoms with Crippen LogP contribution in [0.1, 0.15) is 23.2 Å². The zero-order valence-electron chi connectivity index (χ0n) is 10.4. The Labute approximate surface area is 106 Å². The van der Waals surface area contributed by atoms with E-state index in [2.05, 4.69) is 35.6 Å². The maximum Gasteiger partial charge on any atom is 0.0624 e. The fraction of sp³-hybridized carbons (Fsp3) is 0.462. The van der Waals surface area contributed by atoms with Gasteiger partial charge in [-0.2, -0.15) is 5.10 Å². The molecule has 2 heterocycles. The minimum atomic E-state index is 0.175. The molecule has 0 aliphatic carbocycles. The van der Waals surface area contributed by atoms with Crippen molar-refractivity contribution in [3.8, 4) is 0 Å². The number of nitrogens with two attached hydrogens (primary N) is 1. The van der Waals surface area contributed by atoms with Crippen LogP contribution in [0.5, 0.6) is 0 Å². The van der Waals surface area contributed by atoms with Crippen molar-refractivity contribution in [2.75, 3.05) is 0 Å². The quantitative estimate of drug-likeness (QED) is 0.882. The molecule has 4 heteroatoms. The Balaban J connectivity index is 1.97. The standard InChI is InChI=1S/C13H19N3S/c1-3-11-9-12(16(2)15-11)7-10(14)8-13-5-4-6-17-13/h4-6,9-10H,3,7-8,14H2,1-2H3. The van der Waals surface area contributed by atoms with E-state index in [-0.39, 0.29) is 6.04 Å². The van der Waals surface area contributed by atoms with Crippen LogP contribution in [0.4, 0.5) is 0 Å². The van der Waals surface area contributed by atoms with Gasteiger partial charge in [0.15, 0.2) is 0 Å². The van der Waals surface area contributed by atoms with Crippen molar-refractivity contribution < 1.29 is 0 Å². The molecule has 0 saturated heterocycles. The topological polar surface area (TPSA) is 43.8 Å². The van der Waals surface area contributed by atoms with Crippen molar-refractivity contribution in [1.29, 1.82) is 0 Å². The highest BCUT2D eigenvalue weighted by atomic mass is 32.1. The molecule has 0 aliphatic heterocycles. The Bertz CT molecular complexity index is 459. The van der Waals surface area contributed by atoms with Gasteiger partial charge in [0.2, 0.25) is 0 Å². The molecule has 0 spiro atoms. The maximum absolute atomic E-state index is 6.18. The molecule has 3 nitrogen and oxygen atoms in total. The molecule has 0 bridgehead atoms. The molecule has 1 unspecified atom stereocenters. The summed E-state index contributed by atoms with van der Waals surface area (Å²) in [5.41, 5.74) is 8.55. The minimum Gasteiger partial charge on any atom is -0.327 e. The minimum absolute atomic E-state index is 0.175. The third-order valence-electron chi connectivity index (χ3n) is 2.90. The van der Waals surface area contributed by atoms with Crippen LogP contribution < -0.4 is 5.73 Å². The smallest absolute Gasteiger partial charge is 0.0624 e. The summed E-state index contributed by atoms with van der Waals surface area (Å²) in [7, 11) is 1.99. The molecule has 0 saturated carbocycles. The van der Waals surface area contributed by atoms with Gasteiger partial charge in [0.25, 0.3) is 0 Å². The molecule has 92 valence electrons. The number of aryl methyl sites for hydroxylation is 2. The summed E-state index contributed by atoms with van der Waals surface area (Å²) in [6.45, 7) is 2.12. The first kappa shape index (κ1) is 12.3. The van der Waals surface area contributed by atoms with E-state index >= 15 is 0 Å². The van der Waals surface area contributed by atoms with Gasteiger partial charge in [0, 0.05) is 30.1 Å². The second-order valence-corrected chi connectivity index (χ2v) is 5.38. The van der Waals surface area contributed by atoms with Gasteiger partial charge in [-0.15, -0.1) is 11.3 Å². The zero-order valence-corrected chi connectivity index (χ0v) is 11.2. The third kappa shape index (κ3) is 3.17. The van der Waals surface area contributed by atoms with Crippen LogP contribution in [-0.4, -0.2) is 15.8 Å². The normalized spacial score (nSPS) is 12.9. The van der Waals surface area contributed by atoms with Gasteiger partial charge in [-0.25, -0.2) is 0 Å². The lowest BCUT2D eigenvalue weighted by molar-refractivity contribution is 0.615. The monoisotopic (exact) mass is 249 g/mol. The molecule has 0 aromatic carbocycles. The molecule has 2 aromatic heterocycles. The SMILES string of the molecule is CCc1cc(CC(N)Cc2cccs2)n(C)n1. The lowest BCUT2D eigenvalue weighted by Gasteiger charge is -2.10. The predicted molar refractivity (Wildman–Crippen MR) is 72.3 cm³/mol. The van der Waals surface area contributed by atoms with Gasteiger partial charge in [0.05, 0.1) is 5.69 Å². The summed E-state index contributed by atoms with van der Waals surface area (Å²) in [5.74, 6) is 0. The summed E-state index contributed by atoms with van der Waals surface area (Å²) in [5, 5.41) is 6.54. The van der Waals surface area contributed by atoms with Crippen molar-refractivity contribution >= 4 is 11.3 Å². The second kappa shape index (κ2) is 5.47. The number of rotatable bonds is 5. The number of thiophene rings is 1. The van der Waals surface area contributed by atoms with E-state index in [1.807, 2.05) is 11.7 Å². The van der Waals surface area contributed by atoms with Gasteiger partial charge < -0.3 is 5.73 Å². The van der Waals surface area contributed by atoms with Crippen LogP contribution in [0.15, 0.2) is 23.6 Å². The van der Waals surface area contributed by atoms with E-state index in [0.29, 0.717) is 0 Å². The van der Waals surface area contributed by atoms with Gasteiger partial charge in [-0.3, -0.25) is 4.68 Å². The fourth-order valence-electron chi connectivity index (χ4n) is 1.96. The summed E-state index contributed by atoms with van der Waals surface area (Å²) >= 11 is 1.77. The van der Waals surface area contributed by atoms with Crippen molar-refractivity contribution in [3.05, 3.63) is 39.8 Å². The van der Waals surface area contributed by atoms with Crippen molar-refractivity contribution in [3.63, 3.8) is 0 Å². The molecular weight excluding hydrogens is 230 g/mol. The Morgan fingerprint density at radius 2 is 2.29 bits per heavy atom. The van der Waals surface area contributed by atoms with Crippen LogP contribution >= 0.6 is 11.3 Å². The molecule has 0 radical (unpaired) electrons. The average molecular weight is 249 g/mol. The van der Waals surface area contributed by atoms with Crippen LogP contribution in [0, 0.1) is 0 Å². The first-order chi connectivity index (χ1) is 8.19. The molecule has 0 amide bonds. The number of aromatic nitrogens is 2. The summed E-state index contributed by atoms with van der Waals surface area (Å²) in [6.07, 6.45) is 2.82. The maximum atomic E-state index is 6.18. The second-order valence-electron chi connectivity index (χ2n) is 4.35. The van der Waals surface area contributed by atoms with Gasteiger partial charge in [0.1, 0.15) is 0 Å². The Morgan fingerprint density at radius 3 is 2.88 bits per heavy atom. The highest BCUT2D eigenvalue weighted by Crippen LogP contribution is 2.13. The first-order valence-corrected chi connectivity index (χ1v) is 6.86. The van der Waals surface area contributed by atoms with E-state index in [1.54, 1.807) is 11.3 Å². The zero-order chi connectivity index (χ0) is 12.3. The fourth-order valence-corrected chi connectivity index (χ4v) is 2.76. The molecule has 17 heavy (non-hydrogen) atoms. The van der Waals surface area contributed by atoms with Crippen molar-refractivity contribution in [2.24, 2.45) is 12.8 Å². The predicted octanol–water partition coefficient (Wildman–Crippen LogP) is 2.16. The van der Waals surface area contributed by atoms with Gasteiger partial charge in [-0.05, 0) is 30.4 Å². The molecule has 2 aromatic rings.